The van der Waals surface area contributed by atoms with Crippen LogP contribution in [0.5, 0.6) is 0 Å². The van der Waals surface area contributed by atoms with E-state index in [4.69, 9.17) is 0 Å². The second-order valence-electron chi connectivity index (χ2n) is 8.01. The van der Waals surface area contributed by atoms with Gasteiger partial charge in [-0.2, -0.15) is 0 Å². The Kier molecular flexibility index (Phi) is 5.66. The molecule has 6 heteroatoms. The number of carbonyl (C=O) groups is 1. The lowest BCUT2D eigenvalue weighted by Crippen LogP contribution is -2.43. The minimum absolute atomic E-state index is 0.0342. The molecule has 3 aromatic rings. The Labute approximate surface area is 176 Å². The first-order valence-corrected chi connectivity index (χ1v) is 10.6. The number of pyridine rings is 2. The predicted octanol–water partition coefficient (Wildman–Crippen LogP) is 5.53. The van der Waals surface area contributed by atoms with Gasteiger partial charge in [0.2, 0.25) is 0 Å². The number of amides is 1. The van der Waals surface area contributed by atoms with E-state index in [-0.39, 0.29) is 17.8 Å². The van der Waals surface area contributed by atoms with E-state index in [0.29, 0.717) is 22.6 Å². The molecule has 2 aromatic heterocycles. The van der Waals surface area contributed by atoms with Gasteiger partial charge in [-0.05, 0) is 69.4 Å². The molecule has 1 fully saturated rings. The highest BCUT2D eigenvalue weighted by Crippen LogP contribution is 2.32. The zero-order valence-electron chi connectivity index (χ0n) is 17.7. The quantitative estimate of drug-likeness (QED) is 0.619. The molecular formula is C24H27FN4O. The standard InChI is InChI=1S/C24H27FN4O/c1-4-18-7-5-6-12-29(18)24(30)20-14-26-23-19(11-9-16(3)27-23)22(20)28-21-13-17(25)10-8-15(21)2/h8-11,13-14,18H,4-7,12H2,1-3H3,(H,26,27,28)/t18-/m1/s1. The first kappa shape index (κ1) is 20.3. The fraction of sp³-hybridized carbons (Fsp3) is 0.375. The summed E-state index contributed by atoms with van der Waals surface area (Å²) < 4.78 is 13.9. The van der Waals surface area contributed by atoms with Crippen molar-refractivity contribution in [3.8, 4) is 0 Å². The molecule has 4 rings (SSSR count). The summed E-state index contributed by atoms with van der Waals surface area (Å²) in [6.45, 7) is 6.69. The molecule has 1 aliphatic heterocycles. The highest BCUT2D eigenvalue weighted by molar-refractivity contribution is 6.07. The zero-order valence-corrected chi connectivity index (χ0v) is 17.7. The average molecular weight is 407 g/mol. The van der Waals surface area contributed by atoms with Crippen LogP contribution in [0.25, 0.3) is 11.0 Å². The summed E-state index contributed by atoms with van der Waals surface area (Å²) in [6, 6.07) is 8.67. The fourth-order valence-corrected chi connectivity index (χ4v) is 4.18. The Morgan fingerprint density at radius 2 is 2.07 bits per heavy atom. The number of nitrogens with zero attached hydrogens (tertiary/aromatic N) is 3. The maximum absolute atomic E-state index is 13.9. The van der Waals surface area contributed by atoms with E-state index in [1.807, 2.05) is 30.9 Å². The van der Waals surface area contributed by atoms with Gasteiger partial charge in [0.05, 0.1) is 11.3 Å². The van der Waals surface area contributed by atoms with Gasteiger partial charge in [0.15, 0.2) is 5.65 Å². The third kappa shape index (κ3) is 3.86. The summed E-state index contributed by atoms with van der Waals surface area (Å²) in [5.74, 6) is -0.363. The molecule has 1 aromatic carbocycles. The molecular weight excluding hydrogens is 379 g/mol. The molecule has 30 heavy (non-hydrogen) atoms. The maximum atomic E-state index is 13.9. The van der Waals surface area contributed by atoms with Crippen LogP contribution < -0.4 is 5.32 Å². The molecule has 0 aliphatic carbocycles. The normalized spacial score (nSPS) is 16.7. The Hall–Kier alpha value is -3.02. The SMILES string of the molecule is CC[C@@H]1CCCCN1C(=O)c1cnc2nc(C)ccc2c1Nc1cc(F)ccc1C. The van der Waals surface area contributed by atoms with Gasteiger partial charge in [-0.3, -0.25) is 4.79 Å². The number of anilines is 2. The number of hydrogen-bond donors (Lipinski definition) is 1. The van der Waals surface area contributed by atoms with Crippen molar-refractivity contribution in [2.45, 2.75) is 52.5 Å². The molecule has 5 nitrogen and oxygen atoms in total. The summed E-state index contributed by atoms with van der Waals surface area (Å²) in [6.07, 6.45) is 5.72. The number of likely N-dealkylation sites (tertiary alicyclic amines) is 1. The highest BCUT2D eigenvalue weighted by atomic mass is 19.1. The third-order valence-electron chi connectivity index (χ3n) is 5.92. The highest BCUT2D eigenvalue weighted by Gasteiger charge is 2.29. The van der Waals surface area contributed by atoms with Crippen molar-refractivity contribution in [2.75, 3.05) is 11.9 Å². The molecule has 1 N–H and O–H groups in total. The van der Waals surface area contributed by atoms with Gasteiger partial charge in [-0.1, -0.05) is 13.0 Å². The number of benzene rings is 1. The van der Waals surface area contributed by atoms with Crippen molar-refractivity contribution < 1.29 is 9.18 Å². The van der Waals surface area contributed by atoms with Crippen LogP contribution in [0.2, 0.25) is 0 Å². The lowest BCUT2D eigenvalue weighted by atomic mass is 9.98. The zero-order chi connectivity index (χ0) is 21.3. The van der Waals surface area contributed by atoms with Gasteiger partial charge < -0.3 is 10.2 Å². The number of hydrogen-bond acceptors (Lipinski definition) is 4. The van der Waals surface area contributed by atoms with E-state index in [1.165, 1.54) is 12.1 Å². The van der Waals surface area contributed by atoms with Gasteiger partial charge in [0, 0.05) is 35.6 Å². The van der Waals surface area contributed by atoms with Crippen LogP contribution in [-0.2, 0) is 0 Å². The van der Waals surface area contributed by atoms with Crippen molar-refractivity contribution in [3.63, 3.8) is 0 Å². The molecule has 0 radical (unpaired) electrons. The van der Waals surface area contributed by atoms with E-state index in [9.17, 15) is 9.18 Å². The molecule has 3 heterocycles. The molecule has 1 saturated heterocycles. The molecule has 0 spiro atoms. The lowest BCUT2D eigenvalue weighted by Gasteiger charge is -2.35. The Bertz CT molecular complexity index is 1100. The van der Waals surface area contributed by atoms with Crippen molar-refractivity contribution in [1.82, 2.24) is 14.9 Å². The molecule has 0 bridgehead atoms. The number of aryl methyl sites for hydroxylation is 2. The first-order chi connectivity index (χ1) is 14.5. The van der Waals surface area contributed by atoms with Gasteiger partial charge in [-0.25, -0.2) is 14.4 Å². The monoisotopic (exact) mass is 406 g/mol. The number of halogens is 1. The van der Waals surface area contributed by atoms with Crippen molar-refractivity contribution in [2.24, 2.45) is 0 Å². The second kappa shape index (κ2) is 8.38. The largest absolute Gasteiger partial charge is 0.354 e. The third-order valence-corrected chi connectivity index (χ3v) is 5.92. The number of carbonyl (C=O) groups excluding carboxylic acids is 1. The number of piperidine rings is 1. The van der Waals surface area contributed by atoms with Crippen molar-refractivity contribution in [3.05, 3.63) is 59.2 Å². The number of rotatable bonds is 4. The van der Waals surface area contributed by atoms with Crippen LogP contribution in [0.4, 0.5) is 15.8 Å². The summed E-state index contributed by atoms with van der Waals surface area (Å²) in [5.41, 5.74) is 4.06. The number of aromatic nitrogens is 2. The molecule has 1 atom stereocenters. The molecule has 156 valence electrons. The topological polar surface area (TPSA) is 58.1 Å². The second-order valence-corrected chi connectivity index (χ2v) is 8.01. The van der Waals surface area contributed by atoms with E-state index in [1.54, 1.807) is 12.3 Å². The van der Waals surface area contributed by atoms with E-state index >= 15 is 0 Å². The van der Waals surface area contributed by atoms with Gasteiger partial charge in [0.1, 0.15) is 5.82 Å². The summed E-state index contributed by atoms with van der Waals surface area (Å²) in [5, 5.41) is 4.08. The van der Waals surface area contributed by atoms with Crippen LogP contribution >= 0.6 is 0 Å². The van der Waals surface area contributed by atoms with Crippen LogP contribution in [0.15, 0.2) is 36.5 Å². The minimum atomic E-state index is -0.328. The Balaban J connectivity index is 1.84. The Morgan fingerprint density at radius 3 is 2.87 bits per heavy atom. The van der Waals surface area contributed by atoms with Crippen LogP contribution in [0.1, 0.15) is 54.2 Å². The molecule has 1 aliphatic rings. The summed E-state index contributed by atoms with van der Waals surface area (Å²) in [7, 11) is 0. The van der Waals surface area contributed by atoms with Gasteiger partial charge >= 0.3 is 0 Å². The lowest BCUT2D eigenvalue weighted by molar-refractivity contribution is 0.0609. The molecule has 1 amide bonds. The number of fused-ring (bicyclic) bond motifs is 1. The van der Waals surface area contributed by atoms with Crippen LogP contribution in [-0.4, -0.2) is 33.4 Å². The van der Waals surface area contributed by atoms with E-state index < -0.39 is 0 Å². The van der Waals surface area contributed by atoms with Crippen LogP contribution in [0, 0.1) is 19.7 Å². The first-order valence-electron chi connectivity index (χ1n) is 10.6. The summed E-state index contributed by atoms with van der Waals surface area (Å²) in [4.78, 5) is 24.6. The van der Waals surface area contributed by atoms with Crippen molar-refractivity contribution in [1.29, 1.82) is 0 Å². The average Bonchev–Trinajstić information content (AvgIpc) is 2.75. The smallest absolute Gasteiger partial charge is 0.257 e. The van der Waals surface area contributed by atoms with Crippen LogP contribution in [0.3, 0.4) is 0 Å². The minimum Gasteiger partial charge on any atom is -0.354 e. The number of nitrogens with one attached hydrogen (secondary N) is 1. The predicted molar refractivity (Wildman–Crippen MR) is 118 cm³/mol. The maximum Gasteiger partial charge on any atom is 0.257 e. The summed E-state index contributed by atoms with van der Waals surface area (Å²) >= 11 is 0. The molecule has 0 unspecified atom stereocenters. The van der Waals surface area contributed by atoms with Gasteiger partial charge in [0.25, 0.3) is 5.91 Å². The van der Waals surface area contributed by atoms with E-state index in [0.717, 1.165) is 48.9 Å². The van der Waals surface area contributed by atoms with Gasteiger partial charge in [-0.15, -0.1) is 0 Å². The fourth-order valence-electron chi connectivity index (χ4n) is 4.18. The van der Waals surface area contributed by atoms with Crippen molar-refractivity contribution >= 4 is 28.3 Å². The molecule has 0 saturated carbocycles. The van der Waals surface area contributed by atoms with E-state index in [2.05, 4.69) is 22.2 Å². The Morgan fingerprint density at radius 1 is 1.23 bits per heavy atom.